The van der Waals surface area contributed by atoms with E-state index < -0.39 is 10.0 Å². The molecule has 8 heteroatoms. The van der Waals surface area contributed by atoms with Gasteiger partial charge in [0.1, 0.15) is 0 Å². The SMILES string of the molecule is NCCC(=O)NCCNS(=O)(=O)c1cccc(Cl)c1. The largest absolute Gasteiger partial charge is 0.355 e. The summed E-state index contributed by atoms with van der Waals surface area (Å²) in [4.78, 5) is 11.2. The minimum Gasteiger partial charge on any atom is -0.355 e. The van der Waals surface area contributed by atoms with Crippen LogP contribution in [0.25, 0.3) is 0 Å². The molecule has 0 aromatic heterocycles. The van der Waals surface area contributed by atoms with Gasteiger partial charge in [-0.3, -0.25) is 4.79 Å². The van der Waals surface area contributed by atoms with Crippen molar-refractivity contribution in [2.24, 2.45) is 5.73 Å². The Morgan fingerprint density at radius 2 is 2.05 bits per heavy atom. The molecule has 0 unspecified atom stereocenters. The highest BCUT2D eigenvalue weighted by Gasteiger charge is 2.13. The predicted molar refractivity (Wildman–Crippen MR) is 73.3 cm³/mol. The third-order valence-electron chi connectivity index (χ3n) is 2.22. The fourth-order valence-electron chi connectivity index (χ4n) is 1.32. The number of carbonyl (C=O) groups is 1. The maximum Gasteiger partial charge on any atom is 0.240 e. The predicted octanol–water partition coefficient (Wildman–Crippen LogP) is 0.0833. The normalized spacial score (nSPS) is 11.3. The minimum absolute atomic E-state index is 0.0910. The molecule has 106 valence electrons. The van der Waals surface area contributed by atoms with Crippen molar-refractivity contribution in [2.75, 3.05) is 19.6 Å². The Hall–Kier alpha value is -1.15. The summed E-state index contributed by atoms with van der Waals surface area (Å²) in [6.07, 6.45) is 0.223. The molecule has 0 aliphatic rings. The highest BCUT2D eigenvalue weighted by atomic mass is 35.5. The van der Waals surface area contributed by atoms with Gasteiger partial charge < -0.3 is 11.1 Å². The maximum absolute atomic E-state index is 11.9. The van der Waals surface area contributed by atoms with Crippen LogP contribution in [0.15, 0.2) is 29.2 Å². The van der Waals surface area contributed by atoms with Crippen LogP contribution >= 0.6 is 11.6 Å². The van der Waals surface area contributed by atoms with Gasteiger partial charge in [0, 0.05) is 31.1 Å². The van der Waals surface area contributed by atoms with Gasteiger partial charge in [0.2, 0.25) is 15.9 Å². The quantitative estimate of drug-likeness (QED) is 0.621. The van der Waals surface area contributed by atoms with E-state index in [9.17, 15) is 13.2 Å². The van der Waals surface area contributed by atoms with Gasteiger partial charge in [0.15, 0.2) is 0 Å². The molecule has 1 aromatic rings. The van der Waals surface area contributed by atoms with Crippen LogP contribution in [-0.4, -0.2) is 34.0 Å². The van der Waals surface area contributed by atoms with Gasteiger partial charge in [-0.1, -0.05) is 17.7 Å². The highest BCUT2D eigenvalue weighted by molar-refractivity contribution is 7.89. The van der Waals surface area contributed by atoms with E-state index in [0.29, 0.717) is 5.02 Å². The van der Waals surface area contributed by atoms with Crippen LogP contribution in [0.2, 0.25) is 5.02 Å². The van der Waals surface area contributed by atoms with E-state index in [-0.39, 0.29) is 36.9 Å². The van der Waals surface area contributed by atoms with Crippen LogP contribution in [0.5, 0.6) is 0 Å². The van der Waals surface area contributed by atoms with Gasteiger partial charge in [-0.05, 0) is 18.2 Å². The molecule has 0 fully saturated rings. The van der Waals surface area contributed by atoms with Gasteiger partial charge in [0.25, 0.3) is 0 Å². The lowest BCUT2D eigenvalue weighted by Crippen LogP contribution is -2.35. The molecule has 1 amide bonds. The molecule has 0 saturated carbocycles. The summed E-state index contributed by atoms with van der Waals surface area (Å²) in [5.74, 6) is -0.204. The van der Waals surface area contributed by atoms with Crippen LogP contribution < -0.4 is 15.8 Å². The summed E-state index contributed by atoms with van der Waals surface area (Å²) < 4.78 is 26.1. The zero-order chi connectivity index (χ0) is 14.3. The second kappa shape index (κ2) is 7.44. The average Bonchev–Trinajstić information content (AvgIpc) is 2.35. The molecule has 19 heavy (non-hydrogen) atoms. The van der Waals surface area contributed by atoms with Crippen molar-refractivity contribution < 1.29 is 13.2 Å². The van der Waals surface area contributed by atoms with E-state index in [1.807, 2.05) is 0 Å². The molecule has 1 rings (SSSR count). The Balaban J connectivity index is 2.46. The first-order valence-corrected chi connectivity index (χ1v) is 7.54. The smallest absolute Gasteiger partial charge is 0.240 e. The minimum atomic E-state index is -3.60. The van der Waals surface area contributed by atoms with Crippen LogP contribution in [0.3, 0.4) is 0 Å². The zero-order valence-electron chi connectivity index (χ0n) is 10.2. The molecular weight excluding hydrogens is 290 g/mol. The van der Waals surface area contributed by atoms with E-state index in [0.717, 1.165) is 0 Å². The molecule has 0 aliphatic carbocycles. The lowest BCUT2D eigenvalue weighted by molar-refractivity contribution is -0.120. The molecular formula is C11H16ClN3O3S. The average molecular weight is 306 g/mol. The van der Waals surface area contributed by atoms with Crippen molar-refractivity contribution in [1.29, 1.82) is 0 Å². The number of halogens is 1. The van der Waals surface area contributed by atoms with Crippen molar-refractivity contribution in [1.82, 2.24) is 10.0 Å². The summed E-state index contributed by atoms with van der Waals surface area (Å²) in [5, 5.41) is 2.89. The summed E-state index contributed by atoms with van der Waals surface area (Å²) in [6, 6.07) is 5.95. The van der Waals surface area contributed by atoms with E-state index in [4.69, 9.17) is 17.3 Å². The van der Waals surface area contributed by atoms with Crippen molar-refractivity contribution in [3.05, 3.63) is 29.3 Å². The van der Waals surface area contributed by atoms with Gasteiger partial charge in [0.05, 0.1) is 4.90 Å². The van der Waals surface area contributed by atoms with E-state index >= 15 is 0 Å². The standard InChI is InChI=1S/C11H16ClN3O3S/c12-9-2-1-3-10(8-9)19(17,18)15-7-6-14-11(16)4-5-13/h1-3,8,15H,4-7,13H2,(H,14,16). The first-order valence-electron chi connectivity index (χ1n) is 5.67. The maximum atomic E-state index is 11.9. The van der Waals surface area contributed by atoms with Crippen molar-refractivity contribution in [3.8, 4) is 0 Å². The zero-order valence-corrected chi connectivity index (χ0v) is 11.8. The van der Waals surface area contributed by atoms with Crippen molar-refractivity contribution in [3.63, 3.8) is 0 Å². The topological polar surface area (TPSA) is 101 Å². The second-order valence-electron chi connectivity index (χ2n) is 3.74. The molecule has 0 radical (unpaired) electrons. The van der Waals surface area contributed by atoms with Gasteiger partial charge in [-0.15, -0.1) is 0 Å². The molecule has 0 bridgehead atoms. The number of hydrogen-bond acceptors (Lipinski definition) is 4. The van der Waals surface area contributed by atoms with Gasteiger partial charge in [-0.2, -0.15) is 0 Å². The molecule has 0 heterocycles. The number of rotatable bonds is 7. The van der Waals surface area contributed by atoms with Crippen LogP contribution in [0.4, 0.5) is 0 Å². The fourth-order valence-corrected chi connectivity index (χ4v) is 2.66. The number of hydrogen-bond donors (Lipinski definition) is 3. The summed E-state index contributed by atoms with van der Waals surface area (Å²) >= 11 is 5.73. The number of nitrogens with one attached hydrogen (secondary N) is 2. The number of benzene rings is 1. The Bertz CT molecular complexity index is 534. The van der Waals surface area contributed by atoms with E-state index in [1.165, 1.54) is 12.1 Å². The molecule has 6 nitrogen and oxygen atoms in total. The number of amides is 1. The molecule has 1 aromatic carbocycles. The van der Waals surface area contributed by atoms with Gasteiger partial charge in [-0.25, -0.2) is 13.1 Å². The number of sulfonamides is 1. The monoisotopic (exact) mass is 305 g/mol. The van der Waals surface area contributed by atoms with Crippen LogP contribution in [0.1, 0.15) is 6.42 Å². The Labute approximate surface area is 117 Å². The van der Waals surface area contributed by atoms with Crippen molar-refractivity contribution >= 4 is 27.5 Å². The number of nitrogens with two attached hydrogens (primary N) is 1. The molecule has 0 saturated heterocycles. The summed E-state index contributed by atoms with van der Waals surface area (Å²) in [7, 11) is -3.60. The Morgan fingerprint density at radius 1 is 1.32 bits per heavy atom. The summed E-state index contributed by atoms with van der Waals surface area (Å²) in [5.41, 5.74) is 5.21. The number of carbonyl (C=O) groups excluding carboxylic acids is 1. The first kappa shape index (κ1) is 15.9. The summed E-state index contributed by atoms with van der Waals surface area (Å²) in [6.45, 7) is 0.573. The third-order valence-corrected chi connectivity index (χ3v) is 3.91. The van der Waals surface area contributed by atoms with Crippen LogP contribution in [-0.2, 0) is 14.8 Å². The lowest BCUT2D eigenvalue weighted by atomic mass is 10.4. The van der Waals surface area contributed by atoms with E-state index in [1.54, 1.807) is 12.1 Å². The molecule has 0 spiro atoms. The second-order valence-corrected chi connectivity index (χ2v) is 5.95. The highest BCUT2D eigenvalue weighted by Crippen LogP contribution is 2.14. The lowest BCUT2D eigenvalue weighted by Gasteiger charge is -2.08. The first-order chi connectivity index (χ1) is 8.95. The molecule has 0 atom stereocenters. The third kappa shape index (κ3) is 5.56. The molecule has 4 N–H and O–H groups in total. The molecule has 0 aliphatic heterocycles. The van der Waals surface area contributed by atoms with Gasteiger partial charge >= 0.3 is 0 Å². The van der Waals surface area contributed by atoms with Crippen molar-refractivity contribution in [2.45, 2.75) is 11.3 Å². The van der Waals surface area contributed by atoms with E-state index in [2.05, 4.69) is 10.0 Å². The Morgan fingerprint density at radius 3 is 2.68 bits per heavy atom. The fraction of sp³-hybridized carbons (Fsp3) is 0.364. The Kier molecular flexibility index (Phi) is 6.23. The van der Waals surface area contributed by atoms with Crippen LogP contribution in [0, 0.1) is 0 Å².